The van der Waals surface area contributed by atoms with Crippen molar-refractivity contribution >= 4 is 0 Å². The van der Waals surface area contributed by atoms with Crippen molar-refractivity contribution in [2.45, 2.75) is 38.0 Å². The first-order chi connectivity index (χ1) is 12.0. The van der Waals surface area contributed by atoms with Gasteiger partial charge in [-0.05, 0) is 47.2 Å². The summed E-state index contributed by atoms with van der Waals surface area (Å²) < 4.78 is 83.1. The molecule has 136 valence electrons. The van der Waals surface area contributed by atoms with Crippen LogP contribution in [-0.4, -0.2) is 12.4 Å². The van der Waals surface area contributed by atoms with Crippen molar-refractivity contribution in [1.29, 1.82) is 0 Å². The highest BCUT2D eigenvalue weighted by Gasteiger charge is 2.58. The normalized spacial score (nSPS) is 21.7. The summed E-state index contributed by atoms with van der Waals surface area (Å²) >= 11 is 0. The maximum Gasteiger partial charge on any atom is 0.413 e. The second kappa shape index (κ2) is 5.15. The van der Waals surface area contributed by atoms with Gasteiger partial charge >= 0.3 is 12.4 Å². The zero-order valence-electron chi connectivity index (χ0n) is 13.9. The van der Waals surface area contributed by atoms with Crippen LogP contribution in [0.15, 0.2) is 47.5 Å². The first-order valence-corrected chi connectivity index (χ1v) is 8.10. The Kier molecular flexibility index (Phi) is 3.40. The van der Waals surface area contributed by atoms with E-state index in [4.69, 9.17) is 0 Å². The molecule has 0 saturated heterocycles. The van der Waals surface area contributed by atoms with E-state index in [9.17, 15) is 26.3 Å². The van der Waals surface area contributed by atoms with Gasteiger partial charge in [0.1, 0.15) is 0 Å². The number of allylic oxidation sites excluding steroid dienone is 2. The lowest BCUT2D eigenvalue weighted by Gasteiger charge is -2.45. The second-order valence-electron chi connectivity index (χ2n) is 6.84. The van der Waals surface area contributed by atoms with Crippen molar-refractivity contribution < 1.29 is 26.3 Å². The van der Waals surface area contributed by atoms with E-state index in [0.29, 0.717) is 33.4 Å². The molecule has 5 rings (SSSR count). The first-order valence-electron chi connectivity index (χ1n) is 8.10. The Labute approximate surface area is 146 Å². The van der Waals surface area contributed by atoms with Gasteiger partial charge in [-0.3, -0.25) is 0 Å². The number of hydrogen-bond donors (Lipinski definition) is 0. The Morgan fingerprint density at radius 3 is 1.27 bits per heavy atom. The van der Waals surface area contributed by atoms with Crippen molar-refractivity contribution in [2.75, 3.05) is 0 Å². The molecule has 0 amide bonds. The molecule has 6 heteroatoms. The van der Waals surface area contributed by atoms with Gasteiger partial charge in [-0.2, -0.15) is 26.3 Å². The molecule has 0 heterocycles. The largest absolute Gasteiger partial charge is 0.413 e. The quantitative estimate of drug-likeness (QED) is 0.377. The number of benzene rings is 2. The van der Waals surface area contributed by atoms with Crippen molar-refractivity contribution in [3.05, 3.63) is 80.9 Å². The van der Waals surface area contributed by atoms with Gasteiger partial charge in [-0.1, -0.05) is 36.4 Å². The molecule has 26 heavy (non-hydrogen) atoms. The molecule has 3 aliphatic rings. The third-order valence-electron chi connectivity index (χ3n) is 5.40. The average molecular weight is 368 g/mol. The van der Waals surface area contributed by atoms with Crippen molar-refractivity contribution in [3.63, 3.8) is 0 Å². The predicted octanol–water partition coefficient (Wildman–Crippen LogP) is 6.32. The molecular formula is C20H14F6. The fraction of sp³-hybridized carbons (Fsp3) is 0.300. The van der Waals surface area contributed by atoms with Gasteiger partial charge in [0, 0.05) is 11.8 Å². The summed E-state index contributed by atoms with van der Waals surface area (Å²) in [6.07, 6.45) is -10.1. The van der Waals surface area contributed by atoms with Crippen molar-refractivity contribution in [1.82, 2.24) is 0 Å². The molecule has 3 aliphatic carbocycles. The molecule has 0 fully saturated rings. The predicted molar refractivity (Wildman–Crippen MR) is 85.2 cm³/mol. The van der Waals surface area contributed by atoms with Crippen LogP contribution in [0.5, 0.6) is 0 Å². The second-order valence-corrected chi connectivity index (χ2v) is 6.84. The van der Waals surface area contributed by atoms with E-state index in [0.717, 1.165) is 0 Å². The Balaban J connectivity index is 2.19. The molecule has 0 spiro atoms. The lowest BCUT2D eigenvalue weighted by Crippen LogP contribution is -2.39. The maximum absolute atomic E-state index is 13.8. The van der Waals surface area contributed by atoms with Gasteiger partial charge < -0.3 is 0 Å². The molecule has 0 nitrogen and oxygen atoms in total. The fourth-order valence-corrected chi connectivity index (χ4v) is 4.51. The minimum atomic E-state index is -5.06. The summed E-state index contributed by atoms with van der Waals surface area (Å²) in [5, 5.41) is 0. The number of alkyl halides is 6. The molecule has 0 radical (unpaired) electrons. The summed E-state index contributed by atoms with van der Waals surface area (Å²) in [6.45, 7) is 3.31. The highest BCUT2D eigenvalue weighted by molar-refractivity contribution is 5.69. The lowest BCUT2D eigenvalue weighted by molar-refractivity contribution is -0.121. The smallest absolute Gasteiger partial charge is 0.166 e. The van der Waals surface area contributed by atoms with E-state index in [1.54, 1.807) is 38.1 Å². The highest BCUT2D eigenvalue weighted by Crippen LogP contribution is 2.63. The van der Waals surface area contributed by atoms with E-state index >= 15 is 0 Å². The van der Waals surface area contributed by atoms with Crippen LogP contribution >= 0.6 is 0 Å². The Hall–Kier alpha value is -2.24. The molecule has 2 aromatic rings. The van der Waals surface area contributed by atoms with Gasteiger partial charge in [0.05, 0.1) is 11.1 Å². The van der Waals surface area contributed by atoms with Gasteiger partial charge in [0.15, 0.2) is 0 Å². The van der Waals surface area contributed by atoms with Crippen molar-refractivity contribution in [3.8, 4) is 0 Å². The molecule has 2 bridgehead atoms. The van der Waals surface area contributed by atoms with Crippen LogP contribution in [0, 0.1) is 13.8 Å². The minimum Gasteiger partial charge on any atom is -0.166 e. The van der Waals surface area contributed by atoms with Crippen LogP contribution < -0.4 is 0 Å². The molecular weight excluding hydrogens is 354 g/mol. The molecule has 2 unspecified atom stereocenters. The monoisotopic (exact) mass is 368 g/mol. The van der Waals surface area contributed by atoms with E-state index in [2.05, 4.69) is 0 Å². The molecule has 2 atom stereocenters. The summed E-state index contributed by atoms with van der Waals surface area (Å²) in [6, 6.07) is 9.53. The number of rotatable bonds is 0. The van der Waals surface area contributed by atoms with Crippen LogP contribution in [0.1, 0.15) is 45.2 Å². The minimum absolute atomic E-state index is 0.319. The lowest BCUT2D eigenvalue weighted by atomic mass is 9.59. The number of hydrogen-bond acceptors (Lipinski definition) is 0. The summed E-state index contributed by atoms with van der Waals surface area (Å²) in [5.41, 5.74) is -0.387. The summed E-state index contributed by atoms with van der Waals surface area (Å²) in [5.74, 6) is -2.88. The number of aryl methyl sites for hydroxylation is 2. The van der Waals surface area contributed by atoms with E-state index in [-0.39, 0.29) is 0 Å². The third kappa shape index (κ3) is 2.17. The van der Waals surface area contributed by atoms with Crippen LogP contribution in [0.2, 0.25) is 0 Å². The zero-order chi connectivity index (χ0) is 19.0. The number of halogens is 6. The Morgan fingerprint density at radius 2 is 0.962 bits per heavy atom. The van der Waals surface area contributed by atoms with Crippen LogP contribution in [0.25, 0.3) is 0 Å². The topological polar surface area (TPSA) is 0 Å². The highest BCUT2D eigenvalue weighted by atomic mass is 19.4. The van der Waals surface area contributed by atoms with E-state index < -0.39 is 35.3 Å². The SMILES string of the molecule is Cc1ccc(C)c2c1C1C(C(F)(F)F)=C(C(F)(F)F)C2c2ccccc21. The zero-order valence-corrected chi connectivity index (χ0v) is 13.9. The molecule has 2 aromatic carbocycles. The van der Waals surface area contributed by atoms with Gasteiger partial charge in [-0.15, -0.1) is 0 Å². The Morgan fingerprint density at radius 1 is 0.615 bits per heavy atom. The molecule has 0 aromatic heterocycles. The molecule has 0 saturated carbocycles. The van der Waals surface area contributed by atoms with Crippen molar-refractivity contribution in [2.24, 2.45) is 0 Å². The van der Waals surface area contributed by atoms with Gasteiger partial charge in [-0.25, -0.2) is 0 Å². The molecule has 0 N–H and O–H groups in total. The first kappa shape index (κ1) is 17.2. The third-order valence-corrected chi connectivity index (χ3v) is 5.40. The van der Waals surface area contributed by atoms with E-state index in [1.807, 2.05) is 0 Å². The average Bonchev–Trinajstić information content (AvgIpc) is 2.55. The van der Waals surface area contributed by atoms with E-state index in [1.165, 1.54) is 12.1 Å². The van der Waals surface area contributed by atoms with Crippen LogP contribution in [0.4, 0.5) is 26.3 Å². The summed E-state index contributed by atoms with van der Waals surface area (Å²) in [4.78, 5) is 0. The summed E-state index contributed by atoms with van der Waals surface area (Å²) in [7, 11) is 0. The fourth-order valence-electron chi connectivity index (χ4n) is 4.51. The van der Waals surface area contributed by atoms with Crippen LogP contribution in [-0.2, 0) is 0 Å². The molecule has 0 aliphatic heterocycles. The van der Waals surface area contributed by atoms with Crippen LogP contribution in [0.3, 0.4) is 0 Å². The standard InChI is InChI=1S/C20H14F6/c1-9-7-8-10(2)14-13(9)15-11-5-3-4-6-12(11)16(14)18(20(24,25)26)17(15)19(21,22)23/h3-8,15-16H,1-2H3. The maximum atomic E-state index is 13.8. The van der Waals surface area contributed by atoms with Gasteiger partial charge in [0.25, 0.3) is 0 Å². The Bertz CT molecular complexity index is 870. The van der Waals surface area contributed by atoms with Gasteiger partial charge in [0.2, 0.25) is 0 Å².